The molecule has 2 heteroatoms. The summed E-state index contributed by atoms with van der Waals surface area (Å²) in [5, 5.41) is 0. The molecule has 0 saturated heterocycles. The molecule has 0 unspecified atom stereocenters. The first-order valence-corrected chi connectivity index (χ1v) is 9.06. The molecule has 0 spiro atoms. The minimum absolute atomic E-state index is 0.271. The molecule has 20 heavy (non-hydrogen) atoms. The summed E-state index contributed by atoms with van der Waals surface area (Å²) >= 11 is 0. The Bertz CT molecular complexity index is 238. The Morgan fingerprint density at radius 2 is 1.65 bits per heavy atom. The molecule has 1 fully saturated rings. The second-order valence-electron chi connectivity index (χ2n) is 7.24. The Labute approximate surface area is 127 Å². The third-order valence-corrected chi connectivity index (χ3v) is 5.13. The smallest absolute Gasteiger partial charge is 0.0334 e. The zero-order valence-electron chi connectivity index (χ0n) is 14.5. The highest BCUT2D eigenvalue weighted by Crippen LogP contribution is 2.35. The predicted molar refractivity (Wildman–Crippen MR) is 90.0 cm³/mol. The maximum Gasteiger partial charge on any atom is 0.0334 e. The van der Waals surface area contributed by atoms with Gasteiger partial charge in [-0.1, -0.05) is 53.4 Å². The molecule has 1 rings (SSSR count). The molecular weight excluding hydrogens is 244 g/mol. The van der Waals surface area contributed by atoms with Crippen molar-refractivity contribution in [1.29, 1.82) is 0 Å². The van der Waals surface area contributed by atoms with Crippen LogP contribution < -0.4 is 5.73 Å². The molecule has 0 aromatic carbocycles. The summed E-state index contributed by atoms with van der Waals surface area (Å²) < 4.78 is 0. The van der Waals surface area contributed by atoms with Gasteiger partial charge in [-0.2, -0.15) is 0 Å². The number of nitrogens with zero attached hydrogens (tertiary/aromatic N) is 1. The van der Waals surface area contributed by atoms with E-state index in [9.17, 15) is 0 Å². The molecular formula is C18H38N2. The van der Waals surface area contributed by atoms with Gasteiger partial charge in [0.2, 0.25) is 0 Å². The zero-order valence-corrected chi connectivity index (χ0v) is 14.5. The van der Waals surface area contributed by atoms with Crippen LogP contribution in [0.25, 0.3) is 0 Å². The minimum Gasteiger partial charge on any atom is -0.329 e. The molecule has 0 bridgehead atoms. The topological polar surface area (TPSA) is 29.3 Å². The summed E-state index contributed by atoms with van der Waals surface area (Å²) in [6, 6.07) is 0.801. The Morgan fingerprint density at radius 1 is 1.10 bits per heavy atom. The first-order valence-electron chi connectivity index (χ1n) is 9.06. The van der Waals surface area contributed by atoms with Crippen LogP contribution in [0.3, 0.4) is 0 Å². The van der Waals surface area contributed by atoms with Crippen molar-refractivity contribution in [2.75, 3.05) is 13.1 Å². The van der Waals surface area contributed by atoms with Crippen LogP contribution in [-0.4, -0.2) is 29.6 Å². The van der Waals surface area contributed by atoms with Gasteiger partial charge in [0.1, 0.15) is 0 Å². The van der Waals surface area contributed by atoms with Crippen molar-refractivity contribution >= 4 is 0 Å². The highest BCUT2D eigenvalue weighted by Gasteiger charge is 2.38. The zero-order chi connectivity index (χ0) is 15.0. The first kappa shape index (κ1) is 18.0. The van der Waals surface area contributed by atoms with Crippen LogP contribution in [0, 0.1) is 5.92 Å². The molecule has 1 aliphatic carbocycles. The first-order chi connectivity index (χ1) is 9.59. The van der Waals surface area contributed by atoms with Crippen molar-refractivity contribution in [2.24, 2.45) is 11.7 Å². The Kier molecular flexibility index (Phi) is 8.13. The largest absolute Gasteiger partial charge is 0.329 e. The van der Waals surface area contributed by atoms with Gasteiger partial charge in [0.15, 0.2) is 0 Å². The van der Waals surface area contributed by atoms with E-state index in [0.717, 1.165) is 18.5 Å². The SMILES string of the molecule is CCCC(CN)(CCC)N(CCC(C)C)C1CCCC1. The maximum absolute atomic E-state index is 6.31. The highest BCUT2D eigenvalue weighted by atomic mass is 15.2. The fourth-order valence-corrected chi connectivity index (χ4v) is 4.08. The molecule has 0 amide bonds. The Morgan fingerprint density at radius 3 is 2.05 bits per heavy atom. The lowest BCUT2D eigenvalue weighted by molar-refractivity contribution is 0.0296. The van der Waals surface area contributed by atoms with Crippen molar-refractivity contribution in [3.8, 4) is 0 Å². The molecule has 0 aromatic heterocycles. The molecule has 2 N–H and O–H groups in total. The molecule has 0 atom stereocenters. The molecule has 2 nitrogen and oxygen atoms in total. The van der Waals surface area contributed by atoms with Gasteiger partial charge in [-0.25, -0.2) is 0 Å². The second kappa shape index (κ2) is 9.04. The van der Waals surface area contributed by atoms with Gasteiger partial charge >= 0.3 is 0 Å². The maximum atomic E-state index is 6.31. The van der Waals surface area contributed by atoms with E-state index in [1.165, 1.54) is 64.3 Å². The van der Waals surface area contributed by atoms with Crippen LogP contribution in [0.2, 0.25) is 0 Å². The molecule has 1 saturated carbocycles. The predicted octanol–water partition coefficient (Wildman–Crippen LogP) is 4.57. The third kappa shape index (κ3) is 4.73. The summed E-state index contributed by atoms with van der Waals surface area (Å²) in [5.41, 5.74) is 6.58. The van der Waals surface area contributed by atoms with Gasteiger partial charge in [0.25, 0.3) is 0 Å². The molecule has 120 valence electrons. The summed E-state index contributed by atoms with van der Waals surface area (Å²) in [5.74, 6) is 0.789. The highest BCUT2D eigenvalue weighted by molar-refractivity contribution is 4.96. The summed E-state index contributed by atoms with van der Waals surface area (Å²) in [6.07, 6.45) is 12.0. The van der Waals surface area contributed by atoms with E-state index in [4.69, 9.17) is 5.73 Å². The van der Waals surface area contributed by atoms with Crippen molar-refractivity contribution in [3.05, 3.63) is 0 Å². The lowest BCUT2D eigenvalue weighted by Gasteiger charge is -2.47. The molecule has 0 aliphatic heterocycles. The van der Waals surface area contributed by atoms with Crippen molar-refractivity contribution in [1.82, 2.24) is 4.90 Å². The summed E-state index contributed by atoms with van der Waals surface area (Å²) in [4.78, 5) is 2.85. The van der Waals surface area contributed by atoms with Gasteiger partial charge in [0.05, 0.1) is 0 Å². The van der Waals surface area contributed by atoms with Crippen LogP contribution in [-0.2, 0) is 0 Å². The average Bonchev–Trinajstić information content (AvgIpc) is 2.92. The standard InChI is InChI=1S/C18H38N2/c1-5-12-18(15-19,13-6-2)20(14-11-16(3)4)17-9-7-8-10-17/h16-17H,5-15,19H2,1-4H3. The second-order valence-corrected chi connectivity index (χ2v) is 7.24. The Balaban J connectivity index is 2.88. The van der Waals surface area contributed by atoms with Crippen molar-refractivity contribution < 1.29 is 0 Å². The van der Waals surface area contributed by atoms with E-state index < -0.39 is 0 Å². The van der Waals surface area contributed by atoms with Gasteiger partial charge in [-0.05, 0) is 44.6 Å². The lowest BCUT2D eigenvalue weighted by atomic mass is 9.84. The number of nitrogens with two attached hydrogens (primary N) is 1. The van der Waals surface area contributed by atoms with Gasteiger partial charge in [-0.3, -0.25) is 4.90 Å². The van der Waals surface area contributed by atoms with E-state index in [0.29, 0.717) is 0 Å². The molecule has 0 aromatic rings. The van der Waals surface area contributed by atoms with Gasteiger partial charge < -0.3 is 5.73 Å². The molecule has 0 radical (unpaired) electrons. The normalized spacial score (nSPS) is 17.6. The van der Waals surface area contributed by atoms with Crippen molar-refractivity contribution in [2.45, 2.75) is 97.1 Å². The number of hydrogen-bond acceptors (Lipinski definition) is 2. The summed E-state index contributed by atoms with van der Waals surface area (Å²) in [7, 11) is 0. The average molecular weight is 283 g/mol. The lowest BCUT2D eigenvalue weighted by Crippen LogP contribution is -2.57. The van der Waals surface area contributed by atoms with Crippen molar-refractivity contribution in [3.63, 3.8) is 0 Å². The van der Waals surface area contributed by atoms with Crippen LogP contribution in [0.4, 0.5) is 0 Å². The quantitative estimate of drug-likeness (QED) is 0.635. The van der Waals surface area contributed by atoms with Crippen LogP contribution >= 0.6 is 0 Å². The van der Waals surface area contributed by atoms with Crippen LogP contribution in [0.1, 0.15) is 85.5 Å². The third-order valence-electron chi connectivity index (χ3n) is 5.13. The fourth-order valence-electron chi connectivity index (χ4n) is 4.08. The van der Waals surface area contributed by atoms with E-state index in [1.54, 1.807) is 0 Å². The van der Waals surface area contributed by atoms with Gasteiger partial charge in [0, 0.05) is 18.1 Å². The van der Waals surface area contributed by atoms with Gasteiger partial charge in [-0.15, -0.1) is 0 Å². The van der Waals surface area contributed by atoms with E-state index in [-0.39, 0.29) is 5.54 Å². The Hall–Kier alpha value is -0.0800. The number of rotatable bonds is 10. The van der Waals surface area contributed by atoms with E-state index in [2.05, 4.69) is 32.6 Å². The monoisotopic (exact) mass is 282 g/mol. The van der Waals surface area contributed by atoms with Crippen LogP contribution in [0.5, 0.6) is 0 Å². The summed E-state index contributed by atoms with van der Waals surface area (Å²) in [6.45, 7) is 11.4. The van der Waals surface area contributed by atoms with Crippen LogP contribution in [0.15, 0.2) is 0 Å². The number of hydrogen-bond donors (Lipinski definition) is 1. The minimum atomic E-state index is 0.271. The molecule has 0 heterocycles. The fraction of sp³-hybridized carbons (Fsp3) is 1.00. The van der Waals surface area contributed by atoms with E-state index in [1.807, 2.05) is 0 Å². The van der Waals surface area contributed by atoms with E-state index >= 15 is 0 Å². The molecule has 1 aliphatic rings.